The molecule has 0 saturated heterocycles. The van der Waals surface area contributed by atoms with Crippen molar-refractivity contribution in [3.8, 4) is 0 Å². The number of carbonyl (C=O) groups is 2. The molecule has 1 unspecified atom stereocenters. The van der Waals surface area contributed by atoms with E-state index in [1.807, 2.05) is 24.3 Å². The lowest BCUT2D eigenvalue weighted by atomic mass is 10.0. The highest BCUT2D eigenvalue weighted by Gasteiger charge is 2.19. The van der Waals surface area contributed by atoms with Crippen LogP contribution in [0.15, 0.2) is 24.3 Å². The van der Waals surface area contributed by atoms with Crippen molar-refractivity contribution in [1.29, 1.82) is 0 Å². The van der Waals surface area contributed by atoms with Gasteiger partial charge in [-0.05, 0) is 38.3 Å². The van der Waals surface area contributed by atoms with Crippen molar-refractivity contribution in [3.05, 3.63) is 35.4 Å². The molecule has 0 spiro atoms. The first kappa shape index (κ1) is 16.2. The molecule has 0 heterocycles. The Kier molecular flexibility index (Phi) is 5.70. The number of carbonyl (C=O) groups excluding carboxylic acids is 2. The highest BCUT2D eigenvalue weighted by molar-refractivity contribution is 5.73. The fraction of sp³-hybridized carbons (Fsp3) is 0.467. The number of rotatable bonds is 5. The molecule has 0 aliphatic carbocycles. The smallest absolute Gasteiger partial charge is 0.408 e. The van der Waals surface area contributed by atoms with E-state index in [-0.39, 0.29) is 0 Å². The molecule has 1 atom stereocenters. The van der Waals surface area contributed by atoms with Gasteiger partial charge in [0.2, 0.25) is 0 Å². The lowest BCUT2D eigenvalue weighted by Crippen LogP contribution is -2.41. The largest absolute Gasteiger partial charge is 0.444 e. The van der Waals surface area contributed by atoms with Gasteiger partial charge in [-0.1, -0.05) is 24.3 Å². The topological polar surface area (TPSA) is 81.4 Å². The number of aldehydes is 1. The molecule has 0 radical (unpaired) electrons. The summed E-state index contributed by atoms with van der Waals surface area (Å²) in [6, 6.07) is 6.95. The quantitative estimate of drug-likeness (QED) is 0.804. The van der Waals surface area contributed by atoms with Crippen LogP contribution in [0.3, 0.4) is 0 Å². The molecule has 0 aliphatic heterocycles. The standard InChI is InChI=1S/C15H22N2O3/c1-15(2,3)20-14(19)17-13(10-18)8-11-6-4-5-7-12(11)9-16/h4-7,10,13H,8-9,16H2,1-3H3,(H,17,19). The summed E-state index contributed by atoms with van der Waals surface area (Å²) in [5.41, 5.74) is 6.97. The number of hydrogen-bond donors (Lipinski definition) is 2. The van der Waals surface area contributed by atoms with Crippen molar-refractivity contribution in [3.63, 3.8) is 0 Å². The Bertz CT molecular complexity index is 466. The molecule has 0 bridgehead atoms. The SMILES string of the molecule is CC(C)(C)OC(=O)NC(C=O)Cc1ccccc1CN. The molecule has 1 aromatic carbocycles. The third-order valence-electron chi connectivity index (χ3n) is 2.64. The van der Waals surface area contributed by atoms with Crippen LogP contribution < -0.4 is 11.1 Å². The Morgan fingerprint density at radius 3 is 2.45 bits per heavy atom. The molecule has 110 valence electrons. The zero-order valence-corrected chi connectivity index (χ0v) is 12.2. The van der Waals surface area contributed by atoms with Crippen LogP contribution in [0.25, 0.3) is 0 Å². The number of ether oxygens (including phenoxy) is 1. The summed E-state index contributed by atoms with van der Waals surface area (Å²) < 4.78 is 5.13. The lowest BCUT2D eigenvalue weighted by molar-refractivity contribution is -0.109. The predicted octanol–water partition coefficient (Wildman–Crippen LogP) is 1.78. The van der Waals surface area contributed by atoms with Gasteiger partial charge in [0, 0.05) is 6.54 Å². The minimum absolute atomic E-state index is 0.397. The normalized spacial score (nSPS) is 12.6. The molecule has 0 aliphatic rings. The van der Waals surface area contributed by atoms with Crippen molar-refractivity contribution in [1.82, 2.24) is 5.32 Å². The first-order chi connectivity index (χ1) is 9.35. The Morgan fingerprint density at radius 2 is 1.95 bits per heavy atom. The maximum Gasteiger partial charge on any atom is 0.408 e. The average Bonchev–Trinajstić information content (AvgIpc) is 2.36. The number of alkyl carbamates (subject to hydrolysis) is 1. The van der Waals surface area contributed by atoms with Crippen molar-refractivity contribution < 1.29 is 14.3 Å². The summed E-state index contributed by atoms with van der Waals surface area (Å²) >= 11 is 0. The third-order valence-corrected chi connectivity index (χ3v) is 2.64. The second-order valence-electron chi connectivity index (χ2n) is 5.57. The van der Waals surface area contributed by atoms with Crippen LogP contribution in [0, 0.1) is 0 Å². The van der Waals surface area contributed by atoms with E-state index in [4.69, 9.17) is 10.5 Å². The molecule has 0 fully saturated rings. The van der Waals surface area contributed by atoms with Crippen LogP contribution in [0.4, 0.5) is 4.79 Å². The summed E-state index contributed by atoms with van der Waals surface area (Å²) in [6.07, 6.45) is 0.507. The third kappa shape index (κ3) is 5.40. The second kappa shape index (κ2) is 7.05. The van der Waals surface area contributed by atoms with Crippen molar-refractivity contribution in [2.24, 2.45) is 5.73 Å². The van der Waals surface area contributed by atoms with E-state index >= 15 is 0 Å². The van der Waals surface area contributed by atoms with E-state index in [1.165, 1.54) is 0 Å². The Balaban J connectivity index is 2.68. The van der Waals surface area contributed by atoms with Gasteiger partial charge < -0.3 is 20.6 Å². The summed E-state index contributed by atoms with van der Waals surface area (Å²) in [7, 11) is 0. The first-order valence-electron chi connectivity index (χ1n) is 6.57. The van der Waals surface area contributed by atoms with Gasteiger partial charge in [0.1, 0.15) is 11.9 Å². The summed E-state index contributed by atoms with van der Waals surface area (Å²) in [5.74, 6) is 0. The van der Waals surface area contributed by atoms with Crippen LogP contribution in [0.1, 0.15) is 31.9 Å². The zero-order chi connectivity index (χ0) is 15.2. The molecule has 5 heteroatoms. The van der Waals surface area contributed by atoms with Crippen molar-refractivity contribution in [2.75, 3.05) is 0 Å². The Hall–Kier alpha value is -1.88. The summed E-state index contributed by atoms with van der Waals surface area (Å²) in [6.45, 7) is 5.71. The van der Waals surface area contributed by atoms with E-state index in [9.17, 15) is 9.59 Å². The second-order valence-corrected chi connectivity index (χ2v) is 5.57. The van der Waals surface area contributed by atoms with Crippen LogP contribution >= 0.6 is 0 Å². The molecule has 5 nitrogen and oxygen atoms in total. The van der Waals surface area contributed by atoms with Gasteiger partial charge in [0.15, 0.2) is 0 Å². The minimum atomic E-state index is -0.627. The predicted molar refractivity (Wildman–Crippen MR) is 77.3 cm³/mol. The van der Waals surface area contributed by atoms with Gasteiger partial charge in [0.05, 0.1) is 6.04 Å². The van der Waals surface area contributed by atoms with Gasteiger partial charge in [-0.15, -0.1) is 0 Å². The Morgan fingerprint density at radius 1 is 1.35 bits per heavy atom. The van der Waals surface area contributed by atoms with Gasteiger partial charge in [-0.25, -0.2) is 4.79 Å². The minimum Gasteiger partial charge on any atom is -0.444 e. The number of hydrogen-bond acceptors (Lipinski definition) is 4. The summed E-state index contributed by atoms with van der Waals surface area (Å²) in [4.78, 5) is 22.8. The van der Waals surface area contributed by atoms with Crippen LogP contribution in [0.5, 0.6) is 0 Å². The van der Waals surface area contributed by atoms with Gasteiger partial charge in [-0.2, -0.15) is 0 Å². The van der Waals surface area contributed by atoms with E-state index in [2.05, 4.69) is 5.32 Å². The van der Waals surface area contributed by atoms with Crippen LogP contribution in [-0.2, 0) is 22.5 Å². The van der Waals surface area contributed by atoms with Crippen molar-refractivity contribution >= 4 is 12.4 Å². The highest BCUT2D eigenvalue weighted by Crippen LogP contribution is 2.11. The van der Waals surface area contributed by atoms with E-state index in [0.29, 0.717) is 19.3 Å². The van der Waals surface area contributed by atoms with E-state index in [1.54, 1.807) is 20.8 Å². The monoisotopic (exact) mass is 278 g/mol. The molecule has 3 N–H and O–H groups in total. The molecule has 1 rings (SSSR count). The average molecular weight is 278 g/mol. The molecule has 1 aromatic rings. The van der Waals surface area contributed by atoms with Gasteiger partial charge in [0.25, 0.3) is 0 Å². The van der Waals surface area contributed by atoms with Gasteiger partial charge in [-0.3, -0.25) is 0 Å². The lowest BCUT2D eigenvalue weighted by Gasteiger charge is -2.21. The van der Waals surface area contributed by atoms with Crippen LogP contribution in [0.2, 0.25) is 0 Å². The Labute approximate surface area is 119 Å². The zero-order valence-electron chi connectivity index (χ0n) is 12.2. The molecular formula is C15H22N2O3. The van der Waals surface area contributed by atoms with E-state index < -0.39 is 17.7 Å². The number of nitrogens with one attached hydrogen (secondary N) is 1. The number of nitrogens with two attached hydrogens (primary N) is 1. The first-order valence-corrected chi connectivity index (χ1v) is 6.57. The fourth-order valence-corrected chi connectivity index (χ4v) is 1.78. The molecule has 20 heavy (non-hydrogen) atoms. The van der Waals surface area contributed by atoms with Crippen molar-refractivity contribution in [2.45, 2.75) is 45.4 Å². The van der Waals surface area contributed by atoms with E-state index in [0.717, 1.165) is 11.1 Å². The maximum absolute atomic E-state index is 11.7. The molecule has 0 saturated carbocycles. The van der Waals surface area contributed by atoms with Gasteiger partial charge >= 0.3 is 6.09 Å². The molecule has 1 amide bonds. The number of benzene rings is 1. The fourth-order valence-electron chi connectivity index (χ4n) is 1.78. The maximum atomic E-state index is 11.7. The molecule has 0 aromatic heterocycles. The molecular weight excluding hydrogens is 256 g/mol. The number of amides is 1. The highest BCUT2D eigenvalue weighted by atomic mass is 16.6. The van der Waals surface area contributed by atoms with Crippen LogP contribution in [-0.4, -0.2) is 24.0 Å². The summed E-state index contributed by atoms with van der Waals surface area (Å²) in [5, 5.41) is 2.55.